The Morgan fingerprint density at radius 1 is 0.202 bits per heavy atom. The topological polar surface area (TPSA) is 0 Å². The van der Waals surface area contributed by atoms with Crippen molar-refractivity contribution in [3.05, 3.63) is 408 Å². The molecule has 0 amide bonds. The molecule has 0 N–H and O–H groups in total. The van der Waals surface area contributed by atoms with Gasteiger partial charge in [0, 0.05) is 0 Å². The molecule has 0 bridgehead atoms. The van der Waals surface area contributed by atoms with Crippen LogP contribution < -0.4 is 24.8 Å². The maximum atomic E-state index is 2.26. The second-order valence-electron chi connectivity index (χ2n) is 23.2. The molecule has 0 nitrogen and oxygen atoms in total. The zero-order chi connectivity index (χ0) is 63.4. The SMILES string of the molecule is Cc1cc2cc(-c3ccccc3)ccc2[cH-]1.Cc1cc2cc(-c3ccccc3)ccc2[cH-]1.Cc1cc2cc(-c3ccccc3)ccc2[cH-]1.Cc1cc2cc(-c3ccccc3)ccc2[cH-]1.[Cl-].[Cl-].[Ti+2]=[C](c1ccccc1)c1ccccc1.[Ti+2]=[C](c1ccccc1)c1ccccc1. The summed E-state index contributed by atoms with van der Waals surface area (Å²) in [4.78, 5) is 0. The van der Waals surface area contributed by atoms with E-state index in [1.165, 1.54) is 140 Å². The van der Waals surface area contributed by atoms with E-state index in [9.17, 15) is 0 Å². The minimum atomic E-state index is 0. The molecule has 456 valence electrons. The number of hydrogen-bond donors (Lipinski definition) is 0. The van der Waals surface area contributed by atoms with Crippen molar-refractivity contribution < 1.29 is 64.8 Å². The van der Waals surface area contributed by atoms with Crippen molar-refractivity contribution in [2.75, 3.05) is 0 Å². The molecule has 0 heterocycles. The molecule has 0 aromatic heterocycles. The summed E-state index contributed by atoms with van der Waals surface area (Å²) >= 11 is 4.31. The second-order valence-corrected chi connectivity index (χ2v) is 24.7. The number of aryl methyl sites for hydroxylation is 4. The Morgan fingerprint density at radius 3 is 0.553 bits per heavy atom. The van der Waals surface area contributed by atoms with Gasteiger partial charge in [-0.15, -0.1) is 114 Å². The zero-order valence-electron chi connectivity index (χ0n) is 53.4. The van der Waals surface area contributed by atoms with Crippen LogP contribution in [-0.4, -0.2) is 7.62 Å². The Morgan fingerprint density at radius 2 is 0.372 bits per heavy atom. The van der Waals surface area contributed by atoms with Crippen molar-refractivity contribution in [2.45, 2.75) is 27.7 Å². The van der Waals surface area contributed by atoms with E-state index in [2.05, 4.69) is 407 Å². The van der Waals surface area contributed by atoms with Gasteiger partial charge in [-0.2, -0.15) is 24.3 Å². The molecular formula is C90H72Cl2Ti2-2. The number of halogens is 2. The van der Waals surface area contributed by atoms with Gasteiger partial charge >= 0.3 is 191 Å². The molecule has 16 rings (SSSR count). The predicted octanol–water partition coefficient (Wildman–Crippen LogP) is 17.7. The first-order chi connectivity index (χ1) is 45.1. The summed E-state index contributed by atoms with van der Waals surface area (Å²) in [5.41, 5.74) is 20.8. The summed E-state index contributed by atoms with van der Waals surface area (Å²) in [5, 5.41) is 10.7. The number of fused-ring (bicyclic) bond motifs is 4. The average Bonchev–Trinajstić information content (AvgIpc) is 1.78. The van der Waals surface area contributed by atoms with Crippen LogP contribution >= 0.6 is 0 Å². The fourth-order valence-electron chi connectivity index (χ4n) is 11.4. The quantitative estimate of drug-likeness (QED) is 0.105. The molecular weight excluding hydrogens is 1250 g/mol. The van der Waals surface area contributed by atoms with E-state index >= 15 is 0 Å². The molecule has 16 aromatic carbocycles. The molecule has 0 unspecified atom stereocenters. The van der Waals surface area contributed by atoms with Gasteiger partial charge in [0.2, 0.25) is 0 Å². The van der Waals surface area contributed by atoms with E-state index in [0.717, 1.165) is 0 Å². The standard InChI is InChI=1S/4C16H13.2C13H10.2ClH.2Ti/c4*1-12-9-14-7-8-15(11-16(14)10-12)13-5-3-2-4-6-13;2*1-3-7-12(8-4-1)11-13-9-5-2-6-10-13;;;;/h4*2-11H,1H3;2*1-10H;2*1H;;/q4*-1;;;;;2*+2/p-2. The molecule has 4 heteroatoms. The van der Waals surface area contributed by atoms with Gasteiger partial charge in [-0.3, -0.25) is 0 Å². The Kier molecular flexibility index (Phi) is 25.5. The number of hydrogen-bond acceptors (Lipinski definition) is 0. The average molecular weight is 1320 g/mol. The Balaban J connectivity index is 0.000000132. The van der Waals surface area contributed by atoms with E-state index in [1.54, 1.807) is 0 Å². The van der Waals surface area contributed by atoms with Gasteiger partial charge < -0.3 is 24.8 Å². The fourth-order valence-corrected chi connectivity index (χ4v) is 12.5. The van der Waals surface area contributed by atoms with Gasteiger partial charge in [-0.1, -0.05) is 198 Å². The number of benzene rings is 12. The van der Waals surface area contributed by atoms with E-state index < -0.39 is 0 Å². The molecule has 0 saturated carbocycles. The summed E-state index contributed by atoms with van der Waals surface area (Å²) in [5.74, 6) is 0. The first kappa shape index (κ1) is 69.2. The van der Waals surface area contributed by atoms with Gasteiger partial charge in [0.15, 0.2) is 0 Å². The monoisotopic (exact) mass is 1320 g/mol. The third-order valence-corrected chi connectivity index (χ3v) is 17.9. The second kappa shape index (κ2) is 34.7. The Labute approximate surface area is 591 Å². The Bertz CT molecular complexity index is 4320. The fraction of sp³-hybridized carbons (Fsp3) is 0.0444. The van der Waals surface area contributed by atoms with Gasteiger partial charge in [-0.05, 0) is 44.5 Å². The summed E-state index contributed by atoms with van der Waals surface area (Å²) < 4.78 is 2.65. The van der Waals surface area contributed by atoms with E-state index in [4.69, 9.17) is 0 Å². The van der Waals surface area contributed by atoms with Crippen LogP contribution in [0.3, 0.4) is 0 Å². The van der Waals surface area contributed by atoms with E-state index in [1.807, 2.05) is 24.3 Å². The molecule has 0 aliphatic heterocycles. The van der Waals surface area contributed by atoms with Crippen LogP contribution in [0.4, 0.5) is 0 Å². The summed E-state index contributed by atoms with van der Waals surface area (Å²) in [6, 6.07) is 128. The zero-order valence-corrected chi connectivity index (χ0v) is 58.0. The first-order valence-corrected chi connectivity index (χ1v) is 32.9. The van der Waals surface area contributed by atoms with Gasteiger partial charge in [-0.25, -0.2) is 0 Å². The Hall–Kier alpha value is -9.17. The molecule has 0 aliphatic carbocycles. The van der Waals surface area contributed by atoms with Gasteiger partial charge in [0.1, 0.15) is 0 Å². The van der Waals surface area contributed by atoms with E-state index in [0.29, 0.717) is 0 Å². The van der Waals surface area contributed by atoms with Crippen molar-refractivity contribution in [2.24, 2.45) is 0 Å². The normalized spacial score (nSPS) is 10.3. The van der Waals surface area contributed by atoms with Crippen LogP contribution in [0.2, 0.25) is 0 Å². The van der Waals surface area contributed by atoms with Crippen LogP contribution in [0.25, 0.3) is 87.6 Å². The van der Waals surface area contributed by atoms with Crippen LogP contribution in [0.15, 0.2) is 364 Å². The van der Waals surface area contributed by atoms with Crippen LogP contribution in [0, 0.1) is 27.7 Å². The minimum absolute atomic E-state index is 0. The van der Waals surface area contributed by atoms with Crippen LogP contribution in [0.1, 0.15) is 44.5 Å². The van der Waals surface area contributed by atoms with Crippen LogP contribution in [-0.2, 0) is 39.9 Å². The van der Waals surface area contributed by atoms with E-state index in [-0.39, 0.29) is 24.8 Å². The van der Waals surface area contributed by atoms with Crippen LogP contribution in [0.5, 0.6) is 0 Å². The molecule has 0 radical (unpaired) electrons. The van der Waals surface area contributed by atoms with Crippen molar-refractivity contribution in [3.8, 4) is 44.5 Å². The third kappa shape index (κ3) is 19.0. The third-order valence-electron chi connectivity index (χ3n) is 16.1. The van der Waals surface area contributed by atoms with Crippen molar-refractivity contribution in [3.63, 3.8) is 0 Å². The first-order valence-electron chi connectivity index (χ1n) is 31.4. The molecule has 0 atom stereocenters. The van der Waals surface area contributed by atoms with Gasteiger partial charge in [0.05, 0.1) is 0 Å². The molecule has 0 fully saturated rings. The molecule has 16 aromatic rings. The molecule has 94 heavy (non-hydrogen) atoms. The number of rotatable bonds is 8. The van der Waals surface area contributed by atoms with Crippen molar-refractivity contribution in [1.29, 1.82) is 0 Å². The maximum absolute atomic E-state index is 2.26. The molecule has 0 spiro atoms. The summed E-state index contributed by atoms with van der Waals surface area (Å²) in [6.07, 6.45) is 0. The molecule has 0 saturated heterocycles. The predicted molar refractivity (Wildman–Crippen MR) is 391 cm³/mol. The van der Waals surface area contributed by atoms with Crippen molar-refractivity contribution in [1.82, 2.24) is 0 Å². The summed E-state index contributed by atoms with van der Waals surface area (Å²) in [7, 11) is 0. The summed E-state index contributed by atoms with van der Waals surface area (Å²) in [6.45, 7) is 8.56. The molecule has 0 aliphatic rings. The van der Waals surface area contributed by atoms with Crippen molar-refractivity contribution >= 4 is 50.7 Å². The van der Waals surface area contributed by atoms with Gasteiger partial charge in [0.25, 0.3) is 0 Å².